The largest absolute Gasteiger partial charge is 0.493 e. The molecular formula is C26H34N2O4. The van der Waals surface area contributed by atoms with Crippen molar-refractivity contribution in [2.45, 2.75) is 38.7 Å². The topological polar surface area (TPSA) is 60.0 Å². The molecule has 0 aromatic heterocycles. The molecule has 1 aliphatic carbocycles. The number of nitrogens with one attached hydrogen (secondary N) is 1. The molecule has 1 N–H and O–H groups in total. The van der Waals surface area contributed by atoms with Gasteiger partial charge in [0.1, 0.15) is 6.10 Å². The number of nitrogens with zero attached hydrogens (tertiary/aromatic N) is 1. The highest BCUT2D eigenvalue weighted by atomic mass is 16.5. The lowest BCUT2D eigenvalue weighted by Crippen LogP contribution is -2.38. The summed E-state index contributed by atoms with van der Waals surface area (Å²) in [5.41, 5.74) is 3.76. The highest BCUT2D eigenvalue weighted by molar-refractivity contribution is 5.68. The molecule has 2 aliphatic rings. The van der Waals surface area contributed by atoms with E-state index in [1.165, 1.54) is 18.2 Å². The molecule has 1 heterocycles. The van der Waals surface area contributed by atoms with Crippen LogP contribution in [-0.4, -0.2) is 57.5 Å². The second-order valence-corrected chi connectivity index (χ2v) is 9.16. The van der Waals surface area contributed by atoms with E-state index in [-0.39, 0.29) is 23.5 Å². The lowest BCUT2D eigenvalue weighted by Gasteiger charge is -2.31. The molecule has 32 heavy (non-hydrogen) atoms. The van der Waals surface area contributed by atoms with Gasteiger partial charge in [-0.1, -0.05) is 44.2 Å². The molecule has 0 bridgehead atoms. The fourth-order valence-corrected chi connectivity index (χ4v) is 5.20. The zero-order chi connectivity index (χ0) is 22.7. The van der Waals surface area contributed by atoms with Gasteiger partial charge >= 0.3 is 6.09 Å². The van der Waals surface area contributed by atoms with Crippen molar-refractivity contribution in [3.8, 4) is 11.5 Å². The molecule has 1 amide bonds. The highest BCUT2D eigenvalue weighted by Gasteiger charge is 2.45. The van der Waals surface area contributed by atoms with Crippen LogP contribution in [0.15, 0.2) is 42.5 Å². The van der Waals surface area contributed by atoms with Crippen molar-refractivity contribution < 1.29 is 19.0 Å². The van der Waals surface area contributed by atoms with Crippen LogP contribution < -0.4 is 14.8 Å². The number of carbonyl (C=O) groups is 1. The number of rotatable bonds is 7. The zero-order valence-electron chi connectivity index (χ0n) is 19.5. The standard InChI is InChI=1S/C26H34N2O4/c1-5-27-16-26(2)17-28(25(29)31-4)15-22(26)20-10-11-23(30-3)24(14-20)32-21-12-18-8-6-7-9-19(18)13-21/h6-11,14,21-22,27H,5,12-13,15-17H2,1-4H3/t22-,26+/m0/s1. The molecule has 2 aromatic carbocycles. The Kier molecular flexibility index (Phi) is 6.60. The normalized spacial score (nSPS) is 22.6. The summed E-state index contributed by atoms with van der Waals surface area (Å²) in [4.78, 5) is 14.1. The number of hydrogen-bond acceptors (Lipinski definition) is 5. The zero-order valence-corrected chi connectivity index (χ0v) is 19.5. The van der Waals surface area contributed by atoms with Crippen LogP contribution in [0.3, 0.4) is 0 Å². The van der Waals surface area contributed by atoms with E-state index in [1.807, 2.05) is 6.07 Å². The Morgan fingerprint density at radius 3 is 2.47 bits per heavy atom. The fourth-order valence-electron chi connectivity index (χ4n) is 5.20. The second-order valence-electron chi connectivity index (χ2n) is 9.16. The smallest absolute Gasteiger partial charge is 0.409 e. The number of amides is 1. The molecule has 0 spiro atoms. The van der Waals surface area contributed by atoms with Crippen LogP contribution in [0, 0.1) is 5.41 Å². The van der Waals surface area contributed by atoms with E-state index >= 15 is 0 Å². The Morgan fingerprint density at radius 1 is 1.12 bits per heavy atom. The van der Waals surface area contributed by atoms with Crippen molar-refractivity contribution in [2.75, 3.05) is 40.4 Å². The molecule has 0 saturated carbocycles. The monoisotopic (exact) mass is 438 g/mol. The van der Waals surface area contributed by atoms with Crippen LogP contribution in [-0.2, 0) is 17.6 Å². The molecule has 0 unspecified atom stereocenters. The van der Waals surface area contributed by atoms with Crippen LogP contribution in [0.4, 0.5) is 4.79 Å². The maximum absolute atomic E-state index is 12.3. The van der Waals surface area contributed by atoms with Crippen LogP contribution in [0.2, 0.25) is 0 Å². The summed E-state index contributed by atoms with van der Waals surface area (Å²) in [6.45, 7) is 7.32. The molecule has 0 radical (unpaired) electrons. The minimum absolute atomic E-state index is 0.0971. The van der Waals surface area contributed by atoms with Gasteiger partial charge in [0.15, 0.2) is 11.5 Å². The minimum Gasteiger partial charge on any atom is -0.493 e. The summed E-state index contributed by atoms with van der Waals surface area (Å²) in [5.74, 6) is 1.67. The summed E-state index contributed by atoms with van der Waals surface area (Å²) in [7, 11) is 3.12. The van der Waals surface area contributed by atoms with Crippen LogP contribution in [0.25, 0.3) is 0 Å². The van der Waals surface area contributed by atoms with Gasteiger partial charge in [-0.3, -0.25) is 0 Å². The van der Waals surface area contributed by atoms with Gasteiger partial charge in [0, 0.05) is 43.8 Å². The van der Waals surface area contributed by atoms with Gasteiger partial charge < -0.3 is 24.4 Å². The maximum Gasteiger partial charge on any atom is 0.409 e. The van der Waals surface area contributed by atoms with Gasteiger partial charge in [0.25, 0.3) is 0 Å². The molecule has 6 nitrogen and oxygen atoms in total. The third kappa shape index (κ3) is 4.42. The highest BCUT2D eigenvalue weighted by Crippen LogP contribution is 2.45. The first-order chi connectivity index (χ1) is 15.5. The van der Waals surface area contributed by atoms with E-state index in [0.29, 0.717) is 13.1 Å². The first-order valence-electron chi connectivity index (χ1n) is 11.4. The molecule has 1 fully saturated rings. The predicted octanol–water partition coefficient (Wildman–Crippen LogP) is 4.02. The number of ether oxygens (including phenoxy) is 3. The minimum atomic E-state index is -0.274. The van der Waals surface area contributed by atoms with E-state index in [0.717, 1.165) is 43.0 Å². The fraction of sp³-hybridized carbons (Fsp3) is 0.500. The quantitative estimate of drug-likeness (QED) is 0.708. The molecule has 2 aromatic rings. The van der Waals surface area contributed by atoms with Gasteiger partial charge in [-0.2, -0.15) is 0 Å². The Labute approximate surface area is 190 Å². The van der Waals surface area contributed by atoms with Gasteiger partial charge in [0.05, 0.1) is 14.2 Å². The van der Waals surface area contributed by atoms with E-state index in [9.17, 15) is 4.79 Å². The van der Waals surface area contributed by atoms with E-state index in [4.69, 9.17) is 14.2 Å². The van der Waals surface area contributed by atoms with Crippen molar-refractivity contribution in [3.63, 3.8) is 0 Å². The van der Waals surface area contributed by atoms with Crippen molar-refractivity contribution >= 4 is 6.09 Å². The van der Waals surface area contributed by atoms with E-state index in [1.54, 1.807) is 12.0 Å². The Morgan fingerprint density at radius 2 is 1.84 bits per heavy atom. The number of methoxy groups -OCH3 is 2. The van der Waals surface area contributed by atoms with Gasteiger partial charge in [-0.15, -0.1) is 0 Å². The summed E-state index contributed by atoms with van der Waals surface area (Å²) < 4.78 is 17.1. The molecule has 1 saturated heterocycles. The molecule has 4 rings (SSSR count). The first-order valence-corrected chi connectivity index (χ1v) is 11.4. The second kappa shape index (κ2) is 9.41. The van der Waals surface area contributed by atoms with Crippen molar-refractivity contribution in [1.82, 2.24) is 10.2 Å². The van der Waals surface area contributed by atoms with Crippen molar-refractivity contribution in [1.29, 1.82) is 0 Å². The lowest BCUT2D eigenvalue weighted by molar-refractivity contribution is 0.128. The Hall–Kier alpha value is -2.73. The Balaban J connectivity index is 1.59. The average molecular weight is 439 g/mol. The van der Waals surface area contributed by atoms with Gasteiger partial charge in [-0.05, 0) is 35.4 Å². The summed E-state index contributed by atoms with van der Waals surface area (Å²) in [6, 6.07) is 14.7. The van der Waals surface area contributed by atoms with E-state index < -0.39 is 0 Å². The first kappa shape index (κ1) is 22.5. The van der Waals surface area contributed by atoms with Crippen molar-refractivity contribution in [3.05, 3.63) is 59.2 Å². The van der Waals surface area contributed by atoms with Gasteiger partial charge in [-0.25, -0.2) is 4.79 Å². The molecule has 2 atom stereocenters. The number of hydrogen-bond donors (Lipinski definition) is 1. The number of fused-ring (bicyclic) bond motifs is 1. The summed E-state index contributed by atoms with van der Waals surface area (Å²) in [5, 5.41) is 3.48. The SMILES string of the molecule is CCNC[C@]1(C)CN(C(=O)OC)C[C@H]1c1ccc(OC)c(OC2Cc3ccccc3C2)c1. The van der Waals surface area contributed by atoms with Crippen LogP contribution in [0.1, 0.15) is 36.5 Å². The number of benzene rings is 2. The third-order valence-corrected chi connectivity index (χ3v) is 6.91. The molecule has 172 valence electrons. The Bertz CT molecular complexity index is 938. The summed E-state index contributed by atoms with van der Waals surface area (Å²) >= 11 is 0. The maximum atomic E-state index is 12.3. The van der Waals surface area contributed by atoms with Crippen LogP contribution >= 0.6 is 0 Å². The molecule has 6 heteroatoms. The number of carbonyl (C=O) groups excluding carboxylic acids is 1. The lowest BCUT2D eigenvalue weighted by atomic mass is 9.76. The third-order valence-electron chi connectivity index (χ3n) is 6.91. The molecule has 1 aliphatic heterocycles. The van der Waals surface area contributed by atoms with Gasteiger partial charge in [0.2, 0.25) is 0 Å². The predicted molar refractivity (Wildman–Crippen MR) is 125 cm³/mol. The molecular weight excluding hydrogens is 404 g/mol. The van der Waals surface area contributed by atoms with E-state index in [2.05, 4.69) is 55.6 Å². The average Bonchev–Trinajstić information content (AvgIpc) is 3.37. The van der Waals surface area contributed by atoms with Crippen molar-refractivity contribution in [2.24, 2.45) is 5.41 Å². The number of likely N-dealkylation sites (tertiary alicyclic amines) is 1. The summed E-state index contributed by atoms with van der Waals surface area (Å²) in [6.07, 6.45) is 1.63. The van der Waals surface area contributed by atoms with Crippen LogP contribution in [0.5, 0.6) is 11.5 Å².